The molecule has 0 spiro atoms. The number of hydrogen-bond acceptors (Lipinski definition) is 2. The molecule has 3 nitrogen and oxygen atoms in total. The Morgan fingerprint density at radius 3 is 2.75 bits per heavy atom. The summed E-state index contributed by atoms with van der Waals surface area (Å²) < 4.78 is 3.21. The van der Waals surface area contributed by atoms with Crippen LogP contribution in [0.15, 0.2) is 53.3 Å². The third-order valence-corrected chi connectivity index (χ3v) is 3.97. The van der Waals surface area contributed by atoms with E-state index in [1.807, 2.05) is 12.4 Å². The van der Waals surface area contributed by atoms with Gasteiger partial charge in [-0.05, 0) is 23.9 Å². The number of aromatic nitrogens is 2. The summed E-state index contributed by atoms with van der Waals surface area (Å²) in [6.45, 7) is 3.07. The number of nitrogens with one attached hydrogen (secondary N) is 1. The molecule has 0 radical (unpaired) electrons. The molecule has 0 aliphatic carbocycles. The monoisotopic (exact) mass is 329 g/mol. The van der Waals surface area contributed by atoms with E-state index in [-0.39, 0.29) is 0 Å². The summed E-state index contributed by atoms with van der Waals surface area (Å²) >= 11 is 3.61. The highest BCUT2D eigenvalue weighted by molar-refractivity contribution is 9.10. The van der Waals surface area contributed by atoms with Crippen LogP contribution < -0.4 is 5.32 Å². The van der Waals surface area contributed by atoms with Crippen molar-refractivity contribution < 1.29 is 0 Å². The van der Waals surface area contributed by atoms with Gasteiger partial charge in [0.15, 0.2) is 0 Å². The van der Waals surface area contributed by atoms with E-state index >= 15 is 0 Å². The number of hydrogen-bond donors (Lipinski definition) is 1. The highest BCUT2D eigenvalue weighted by Crippen LogP contribution is 2.30. The molecular weight excluding hydrogens is 314 g/mol. The molecule has 1 aromatic heterocycles. The lowest BCUT2D eigenvalue weighted by Crippen LogP contribution is -2.07. The van der Waals surface area contributed by atoms with Crippen molar-refractivity contribution in [2.24, 2.45) is 0 Å². The largest absolute Gasteiger partial charge is 0.355 e. The molecule has 3 aromatic rings. The van der Waals surface area contributed by atoms with Crippen LogP contribution in [-0.4, -0.2) is 16.1 Å². The Labute approximate surface area is 126 Å². The van der Waals surface area contributed by atoms with Crippen LogP contribution in [0.3, 0.4) is 0 Å². The zero-order valence-corrected chi connectivity index (χ0v) is 12.9. The van der Waals surface area contributed by atoms with Crippen molar-refractivity contribution in [1.29, 1.82) is 0 Å². The topological polar surface area (TPSA) is 29.9 Å². The molecule has 0 aliphatic heterocycles. The summed E-state index contributed by atoms with van der Waals surface area (Å²) in [6.07, 6.45) is 4.90. The first-order valence-electron chi connectivity index (χ1n) is 6.76. The van der Waals surface area contributed by atoms with E-state index in [4.69, 9.17) is 0 Å². The minimum Gasteiger partial charge on any atom is -0.355 e. The van der Waals surface area contributed by atoms with Gasteiger partial charge in [-0.15, -0.1) is 0 Å². The summed E-state index contributed by atoms with van der Waals surface area (Å²) in [7, 11) is 0. The van der Waals surface area contributed by atoms with Crippen molar-refractivity contribution >= 4 is 32.7 Å². The number of rotatable bonds is 4. The van der Waals surface area contributed by atoms with Gasteiger partial charge in [0, 0.05) is 28.8 Å². The van der Waals surface area contributed by atoms with E-state index in [0.29, 0.717) is 0 Å². The Balaban J connectivity index is 2.15. The fourth-order valence-electron chi connectivity index (χ4n) is 2.32. The van der Waals surface area contributed by atoms with Crippen LogP contribution in [-0.2, 0) is 0 Å². The third kappa shape index (κ3) is 2.31. The smallest absolute Gasteiger partial charge is 0.207 e. The maximum atomic E-state index is 4.40. The summed E-state index contributed by atoms with van der Waals surface area (Å²) in [5, 5.41) is 5.78. The first-order chi connectivity index (χ1) is 9.81. The molecule has 20 heavy (non-hydrogen) atoms. The Morgan fingerprint density at radius 2 is 1.95 bits per heavy atom. The summed E-state index contributed by atoms with van der Waals surface area (Å²) in [4.78, 5) is 4.40. The predicted molar refractivity (Wildman–Crippen MR) is 87.6 cm³/mol. The molecular formula is C16H16BrN3. The van der Waals surface area contributed by atoms with Crippen LogP contribution >= 0.6 is 15.9 Å². The van der Waals surface area contributed by atoms with Crippen molar-refractivity contribution in [2.75, 3.05) is 11.9 Å². The van der Waals surface area contributed by atoms with Gasteiger partial charge in [-0.1, -0.05) is 47.1 Å². The van der Waals surface area contributed by atoms with Crippen molar-refractivity contribution in [1.82, 2.24) is 9.55 Å². The SMILES string of the molecule is CCCNc1nccn1-c1ccc(Br)c2ccccc12. The lowest BCUT2D eigenvalue weighted by Gasteiger charge is -2.12. The van der Waals surface area contributed by atoms with Gasteiger partial charge in [-0.2, -0.15) is 0 Å². The third-order valence-electron chi connectivity index (χ3n) is 3.28. The lowest BCUT2D eigenvalue weighted by molar-refractivity contribution is 0.939. The number of fused-ring (bicyclic) bond motifs is 1. The van der Waals surface area contributed by atoms with Crippen LogP contribution in [0.25, 0.3) is 16.5 Å². The van der Waals surface area contributed by atoms with Gasteiger partial charge in [0.2, 0.25) is 5.95 Å². The van der Waals surface area contributed by atoms with Gasteiger partial charge in [0.1, 0.15) is 0 Å². The molecule has 0 unspecified atom stereocenters. The standard InChI is InChI=1S/C16H16BrN3/c1-2-9-18-16-19-10-11-20(16)15-8-7-14(17)12-5-3-4-6-13(12)15/h3-8,10-11H,2,9H2,1H3,(H,18,19). The van der Waals surface area contributed by atoms with Gasteiger partial charge in [0.25, 0.3) is 0 Å². The van der Waals surface area contributed by atoms with E-state index in [1.165, 1.54) is 10.8 Å². The predicted octanol–water partition coefficient (Wildman–Crippen LogP) is 4.61. The van der Waals surface area contributed by atoms with Crippen molar-refractivity contribution in [3.05, 3.63) is 53.3 Å². The molecule has 0 aliphatic rings. The van der Waals surface area contributed by atoms with Crippen molar-refractivity contribution in [2.45, 2.75) is 13.3 Å². The average Bonchev–Trinajstić information content (AvgIpc) is 2.94. The first kappa shape index (κ1) is 13.2. The van der Waals surface area contributed by atoms with Gasteiger partial charge in [0.05, 0.1) is 5.69 Å². The minimum atomic E-state index is 0.888. The zero-order chi connectivity index (χ0) is 13.9. The fourth-order valence-corrected chi connectivity index (χ4v) is 2.80. The van der Waals surface area contributed by atoms with Crippen molar-refractivity contribution in [3.8, 4) is 5.69 Å². The minimum absolute atomic E-state index is 0.888. The number of anilines is 1. The van der Waals surface area contributed by atoms with Gasteiger partial charge in [-0.3, -0.25) is 4.57 Å². The Hall–Kier alpha value is -1.81. The molecule has 4 heteroatoms. The normalized spacial score (nSPS) is 10.9. The molecule has 102 valence electrons. The van der Waals surface area contributed by atoms with Crippen LogP contribution in [0.5, 0.6) is 0 Å². The fraction of sp³-hybridized carbons (Fsp3) is 0.188. The maximum absolute atomic E-state index is 4.40. The van der Waals surface area contributed by atoms with E-state index in [2.05, 4.69) is 74.1 Å². The first-order valence-corrected chi connectivity index (χ1v) is 7.55. The zero-order valence-electron chi connectivity index (χ0n) is 11.3. The van der Waals surface area contributed by atoms with E-state index in [1.54, 1.807) is 0 Å². The molecule has 0 fully saturated rings. The molecule has 1 N–H and O–H groups in total. The number of nitrogens with zero attached hydrogens (tertiary/aromatic N) is 2. The van der Waals surface area contributed by atoms with Crippen LogP contribution in [0, 0.1) is 0 Å². The van der Waals surface area contributed by atoms with E-state index in [9.17, 15) is 0 Å². The summed E-state index contributed by atoms with van der Waals surface area (Å²) in [5.74, 6) is 0.888. The average molecular weight is 330 g/mol. The Kier molecular flexibility index (Phi) is 3.74. The second-order valence-corrected chi connectivity index (χ2v) is 5.51. The van der Waals surface area contributed by atoms with Crippen molar-refractivity contribution in [3.63, 3.8) is 0 Å². The van der Waals surface area contributed by atoms with Crippen LogP contribution in [0.2, 0.25) is 0 Å². The molecule has 1 heterocycles. The lowest BCUT2D eigenvalue weighted by atomic mass is 10.1. The molecule has 2 aromatic carbocycles. The van der Waals surface area contributed by atoms with E-state index in [0.717, 1.165) is 29.1 Å². The Bertz CT molecular complexity index is 733. The number of imidazole rings is 1. The van der Waals surface area contributed by atoms with E-state index < -0.39 is 0 Å². The van der Waals surface area contributed by atoms with Gasteiger partial charge >= 0.3 is 0 Å². The number of benzene rings is 2. The van der Waals surface area contributed by atoms with Crippen LogP contribution in [0.1, 0.15) is 13.3 Å². The molecule has 0 saturated carbocycles. The van der Waals surface area contributed by atoms with Gasteiger partial charge in [-0.25, -0.2) is 4.98 Å². The highest BCUT2D eigenvalue weighted by Gasteiger charge is 2.09. The molecule has 0 saturated heterocycles. The molecule has 0 bridgehead atoms. The Morgan fingerprint density at radius 1 is 1.15 bits per heavy atom. The summed E-state index contributed by atoms with van der Waals surface area (Å²) in [5.41, 5.74) is 1.14. The summed E-state index contributed by atoms with van der Waals surface area (Å²) in [6, 6.07) is 12.6. The van der Waals surface area contributed by atoms with Gasteiger partial charge < -0.3 is 5.32 Å². The second kappa shape index (κ2) is 5.67. The molecule has 3 rings (SSSR count). The molecule has 0 amide bonds. The highest BCUT2D eigenvalue weighted by atomic mass is 79.9. The van der Waals surface area contributed by atoms with Crippen LogP contribution in [0.4, 0.5) is 5.95 Å². The maximum Gasteiger partial charge on any atom is 0.207 e. The quantitative estimate of drug-likeness (QED) is 0.757. The molecule has 0 atom stereocenters. The number of halogens is 1. The second-order valence-electron chi connectivity index (χ2n) is 4.66.